The Morgan fingerprint density at radius 3 is 2.71 bits per heavy atom. The molecule has 3 rings (SSSR count). The minimum Gasteiger partial charge on any atom is -0.347 e. The Balaban J connectivity index is 1.79. The average Bonchev–Trinajstić information content (AvgIpc) is 3.11. The number of halogens is 4. The number of rotatable bonds is 4. The number of amides is 1. The van der Waals surface area contributed by atoms with Gasteiger partial charge in [-0.05, 0) is 26.0 Å². The van der Waals surface area contributed by atoms with E-state index in [1.807, 2.05) is 6.92 Å². The number of hydrogen-bond donors (Lipinski definition) is 1. The summed E-state index contributed by atoms with van der Waals surface area (Å²) in [5.41, 5.74) is -0.276. The van der Waals surface area contributed by atoms with E-state index < -0.39 is 17.6 Å². The van der Waals surface area contributed by atoms with E-state index >= 15 is 0 Å². The molecule has 0 saturated heterocycles. The lowest BCUT2D eigenvalue weighted by Crippen LogP contribution is -2.25. The van der Waals surface area contributed by atoms with E-state index in [2.05, 4.69) is 20.3 Å². The fraction of sp³-hybridized carbons (Fsp3) is 0.222. The quantitative estimate of drug-likeness (QED) is 0.709. The molecule has 0 aliphatic heterocycles. The Hall–Kier alpha value is -2.94. The molecular weight excluding hydrogens is 395 g/mol. The summed E-state index contributed by atoms with van der Waals surface area (Å²) in [5.74, 6) is 0.485. The number of alkyl halides is 3. The predicted octanol–water partition coefficient (Wildman–Crippen LogP) is 3.88. The predicted molar refractivity (Wildman–Crippen MR) is 96.3 cm³/mol. The summed E-state index contributed by atoms with van der Waals surface area (Å²) in [6.07, 6.45) is -0.0792. The second-order valence-corrected chi connectivity index (χ2v) is 6.44. The zero-order valence-electron chi connectivity index (χ0n) is 14.9. The van der Waals surface area contributed by atoms with Gasteiger partial charge < -0.3 is 5.32 Å². The number of nitrogens with one attached hydrogen (secondary N) is 1. The first kappa shape index (κ1) is 19.8. The van der Waals surface area contributed by atoms with Gasteiger partial charge in [-0.25, -0.2) is 15.0 Å². The molecule has 0 bridgehead atoms. The summed E-state index contributed by atoms with van der Waals surface area (Å²) in [6.45, 7) is 3.16. The van der Waals surface area contributed by atoms with Crippen LogP contribution in [0.15, 0.2) is 36.9 Å². The minimum atomic E-state index is -4.57. The number of aromatic nitrogens is 4. The molecule has 1 N–H and O–H groups in total. The number of nitrogens with zero attached hydrogens (tertiary/aromatic N) is 4. The van der Waals surface area contributed by atoms with Crippen molar-refractivity contribution in [3.05, 3.63) is 70.2 Å². The standard InChI is InChI=1S/C18H15ClF3N5O/c1-10-6-23-11(2)26-16(10)27-8-15(25-9-27)17(28)24-7-12-13(18(20,21)22)4-3-5-14(12)19/h3-6,8-9H,7H2,1-2H3,(H,24,28). The SMILES string of the molecule is Cc1ncc(C)c(-n2cnc(C(=O)NCc3c(Cl)cccc3C(F)(F)F)c2)n1. The van der Waals surface area contributed by atoms with E-state index in [1.54, 1.807) is 17.7 Å². The second kappa shape index (κ2) is 7.59. The smallest absolute Gasteiger partial charge is 0.347 e. The lowest BCUT2D eigenvalue weighted by atomic mass is 10.1. The highest BCUT2D eigenvalue weighted by Gasteiger charge is 2.34. The second-order valence-electron chi connectivity index (χ2n) is 6.04. The first-order valence-electron chi connectivity index (χ1n) is 8.14. The molecule has 146 valence electrons. The van der Waals surface area contributed by atoms with Crippen LogP contribution >= 0.6 is 11.6 Å². The molecule has 0 radical (unpaired) electrons. The molecule has 0 fully saturated rings. The third-order valence-electron chi connectivity index (χ3n) is 3.98. The van der Waals surface area contributed by atoms with Crippen molar-refractivity contribution in [3.8, 4) is 5.82 Å². The molecule has 1 aromatic carbocycles. The van der Waals surface area contributed by atoms with Gasteiger partial charge in [0, 0.05) is 35.1 Å². The van der Waals surface area contributed by atoms with Crippen LogP contribution in [-0.2, 0) is 12.7 Å². The van der Waals surface area contributed by atoms with E-state index in [-0.39, 0.29) is 22.8 Å². The Bertz CT molecular complexity index is 1030. The normalized spacial score (nSPS) is 11.5. The molecule has 3 aromatic rings. The van der Waals surface area contributed by atoms with Crippen LogP contribution < -0.4 is 5.32 Å². The van der Waals surface area contributed by atoms with Crippen LogP contribution in [-0.4, -0.2) is 25.4 Å². The maximum Gasteiger partial charge on any atom is 0.416 e. The molecule has 0 spiro atoms. The topological polar surface area (TPSA) is 72.7 Å². The molecule has 0 aliphatic rings. The van der Waals surface area contributed by atoms with Gasteiger partial charge in [-0.3, -0.25) is 9.36 Å². The van der Waals surface area contributed by atoms with E-state index in [0.717, 1.165) is 11.6 Å². The van der Waals surface area contributed by atoms with E-state index in [4.69, 9.17) is 11.6 Å². The van der Waals surface area contributed by atoms with Crippen molar-refractivity contribution in [2.45, 2.75) is 26.6 Å². The van der Waals surface area contributed by atoms with Crippen molar-refractivity contribution >= 4 is 17.5 Å². The van der Waals surface area contributed by atoms with Crippen LogP contribution in [0.4, 0.5) is 13.2 Å². The van der Waals surface area contributed by atoms with Crippen LogP contribution in [0.5, 0.6) is 0 Å². The highest BCUT2D eigenvalue weighted by molar-refractivity contribution is 6.31. The Morgan fingerprint density at radius 2 is 2.00 bits per heavy atom. The molecule has 0 aliphatic carbocycles. The zero-order chi connectivity index (χ0) is 20.5. The summed E-state index contributed by atoms with van der Waals surface area (Å²) >= 11 is 5.90. The number of hydrogen-bond acceptors (Lipinski definition) is 4. The van der Waals surface area contributed by atoms with E-state index in [0.29, 0.717) is 11.6 Å². The Labute approximate surface area is 163 Å². The number of imidazole rings is 1. The fourth-order valence-corrected chi connectivity index (χ4v) is 2.84. The molecule has 10 heteroatoms. The summed E-state index contributed by atoms with van der Waals surface area (Å²) in [6, 6.07) is 3.47. The third kappa shape index (κ3) is 4.14. The largest absolute Gasteiger partial charge is 0.416 e. The van der Waals surface area contributed by atoms with E-state index in [9.17, 15) is 18.0 Å². The van der Waals surface area contributed by atoms with Gasteiger partial charge in [-0.1, -0.05) is 17.7 Å². The van der Waals surface area contributed by atoms with Gasteiger partial charge in [0.05, 0.1) is 5.56 Å². The third-order valence-corrected chi connectivity index (χ3v) is 4.33. The molecule has 2 heterocycles. The molecular formula is C18H15ClF3N5O. The summed E-state index contributed by atoms with van der Waals surface area (Å²) in [7, 11) is 0. The molecule has 0 saturated carbocycles. The van der Waals surface area contributed by atoms with Crippen LogP contribution in [0.2, 0.25) is 5.02 Å². The van der Waals surface area contributed by atoms with Crippen molar-refractivity contribution in [1.29, 1.82) is 0 Å². The molecule has 6 nitrogen and oxygen atoms in total. The molecule has 0 unspecified atom stereocenters. The average molecular weight is 410 g/mol. The van der Waals surface area contributed by atoms with Gasteiger partial charge in [0.25, 0.3) is 5.91 Å². The van der Waals surface area contributed by atoms with Gasteiger partial charge in [0.1, 0.15) is 23.7 Å². The number of aryl methyl sites for hydroxylation is 2. The van der Waals surface area contributed by atoms with Crippen molar-refractivity contribution in [3.63, 3.8) is 0 Å². The van der Waals surface area contributed by atoms with Crippen LogP contribution in [0.25, 0.3) is 5.82 Å². The molecule has 2 aromatic heterocycles. The highest BCUT2D eigenvalue weighted by atomic mass is 35.5. The zero-order valence-corrected chi connectivity index (χ0v) is 15.6. The summed E-state index contributed by atoms with van der Waals surface area (Å²) < 4.78 is 41.0. The maximum absolute atomic E-state index is 13.1. The van der Waals surface area contributed by atoms with Crippen molar-refractivity contribution in [1.82, 2.24) is 24.8 Å². The number of benzene rings is 1. The number of carbonyl (C=O) groups is 1. The minimum absolute atomic E-state index is 0.0382. The van der Waals surface area contributed by atoms with Crippen molar-refractivity contribution in [2.24, 2.45) is 0 Å². The van der Waals surface area contributed by atoms with Crippen LogP contribution in [0, 0.1) is 13.8 Å². The Morgan fingerprint density at radius 1 is 1.25 bits per heavy atom. The lowest BCUT2D eigenvalue weighted by Gasteiger charge is -2.14. The van der Waals surface area contributed by atoms with Gasteiger partial charge in [0.15, 0.2) is 0 Å². The van der Waals surface area contributed by atoms with Crippen molar-refractivity contribution in [2.75, 3.05) is 0 Å². The van der Waals surface area contributed by atoms with Crippen LogP contribution in [0.1, 0.15) is 33.0 Å². The fourth-order valence-electron chi connectivity index (χ4n) is 2.60. The van der Waals surface area contributed by atoms with Gasteiger partial charge in [0.2, 0.25) is 0 Å². The number of carbonyl (C=O) groups excluding carboxylic acids is 1. The maximum atomic E-state index is 13.1. The molecule has 1 amide bonds. The summed E-state index contributed by atoms with van der Waals surface area (Å²) in [5, 5.41) is 2.35. The molecule has 0 atom stereocenters. The lowest BCUT2D eigenvalue weighted by molar-refractivity contribution is -0.138. The first-order chi connectivity index (χ1) is 13.2. The van der Waals surface area contributed by atoms with E-state index in [1.165, 1.54) is 24.7 Å². The van der Waals surface area contributed by atoms with Gasteiger partial charge in [-0.2, -0.15) is 13.2 Å². The van der Waals surface area contributed by atoms with Crippen molar-refractivity contribution < 1.29 is 18.0 Å². The Kier molecular flexibility index (Phi) is 5.37. The summed E-state index contributed by atoms with van der Waals surface area (Å²) in [4.78, 5) is 24.7. The van der Waals surface area contributed by atoms with Crippen LogP contribution in [0.3, 0.4) is 0 Å². The van der Waals surface area contributed by atoms with Gasteiger partial charge in [-0.15, -0.1) is 0 Å². The van der Waals surface area contributed by atoms with Gasteiger partial charge >= 0.3 is 6.18 Å². The first-order valence-corrected chi connectivity index (χ1v) is 8.52. The molecule has 28 heavy (non-hydrogen) atoms. The monoisotopic (exact) mass is 409 g/mol. The highest BCUT2D eigenvalue weighted by Crippen LogP contribution is 2.34.